The molecule has 1 aromatic carbocycles. The van der Waals surface area contributed by atoms with Crippen LogP contribution in [0.25, 0.3) is 6.08 Å². The van der Waals surface area contributed by atoms with Gasteiger partial charge < -0.3 is 10.1 Å². The van der Waals surface area contributed by atoms with Gasteiger partial charge in [0.15, 0.2) is 0 Å². The number of ether oxygens (including phenoxy) is 1. The van der Waals surface area contributed by atoms with Crippen molar-refractivity contribution >= 4 is 23.6 Å². The summed E-state index contributed by atoms with van der Waals surface area (Å²) < 4.78 is 5.44. The van der Waals surface area contributed by atoms with Gasteiger partial charge in [-0.1, -0.05) is 37.6 Å². The third-order valence-corrected chi connectivity index (χ3v) is 2.77. The first kappa shape index (κ1) is 16.7. The lowest BCUT2D eigenvalue weighted by Crippen LogP contribution is -2.23. The number of amides is 1. The van der Waals surface area contributed by atoms with E-state index in [4.69, 9.17) is 16.3 Å². The maximum Gasteiger partial charge on any atom is 0.244 e. The zero-order chi connectivity index (χ0) is 14.8. The number of nitrogens with one attached hydrogen (secondary N) is 1. The summed E-state index contributed by atoms with van der Waals surface area (Å²) in [5.74, 6) is 0.454. The van der Waals surface area contributed by atoms with Crippen LogP contribution in [-0.2, 0) is 9.53 Å². The van der Waals surface area contributed by atoms with Crippen LogP contribution in [0.3, 0.4) is 0 Å². The molecule has 0 saturated heterocycles. The summed E-state index contributed by atoms with van der Waals surface area (Å²) >= 11 is 5.79. The summed E-state index contributed by atoms with van der Waals surface area (Å²) in [6.45, 7) is 6.30. The second kappa shape index (κ2) is 9.56. The van der Waals surface area contributed by atoms with E-state index in [1.807, 2.05) is 12.1 Å². The first-order valence-electron chi connectivity index (χ1n) is 6.87. The van der Waals surface area contributed by atoms with Crippen molar-refractivity contribution in [2.45, 2.75) is 20.3 Å². The largest absolute Gasteiger partial charge is 0.381 e. The number of carbonyl (C=O) groups excluding carboxylic acids is 1. The number of hydrogen-bond donors (Lipinski definition) is 1. The Bertz CT molecular complexity index is 427. The second-order valence-corrected chi connectivity index (χ2v) is 5.43. The van der Waals surface area contributed by atoms with Gasteiger partial charge in [-0.05, 0) is 36.1 Å². The lowest BCUT2D eigenvalue weighted by Gasteiger charge is -2.06. The van der Waals surface area contributed by atoms with Crippen LogP contribution < -0.4 is 5.32 Å². The summed E-state index contributed by atoms with van der Waals surface area (Å²) in [4.78, 5) is 11.6. The van der Waals surface area contributed by atoms with Gasteiger partial charge in [0.1, 0.15) is 0 Å². The smallest absolute Gasteiger partial charge is 0.244 e. The first-order valence-corrected chi connectivity index (χ1v) is 7.25. The molecular weight excluding hydrogens is 274 g/mol. The maximum atomic E-state index is 11.6. The summed E-state index contributed by atoms with van der Waals surface area (Å²) in [6, 6.07) is 7.33. The molecule has 0 aromatic heterocycles. The van der Waals surface area contributed by atoms with Gasteiger partial charge in [0.05, 0.1) is 0 Å². The molecule has 20 heavy (non-hydrogen) atoms. The van der Waals surface area contributed by atoms with Crippen molar-refractivity contribution in [3.05, 3.63) is 40.9 Å². The topological polar surface area (TPSA) is 38.3 Å². The molecule has 110 valence electrons. The van der Waals surface area contributed by atoms with Crippen LogP contribution >= 0.6 is 11.6 Å². The van der Waals surface area contributed by atoms with Crippen LogP contribution in [0.4, 0.5) is 0 Å². The highest BCUT2D eigenvalue weighted by Crippen LogP contribution is 2.10. The van der Waals surface area contributed by atoms with Crippen molar-refractivity contribution in [1.82, 2.24) is 5.32 Å². The normalized spacial score (nSPS) is 11.2. The highest BCUT2D eigenvalue weighted by molar-refractivity contribution is 6.30. The average molecular weight is 296 g/mol. The summed E-state index contributed by atoms with van der Waals surface area (Å²) in [6.07, 6.45) is 4.12. The molecule has 0 atom stereocenters. The third kappa shape index (κ3) is 7.97. The minimum atomic E-state index is -0.0937. The standard InChI is InChI=1S/C16H22ClNO2/c1-13(2)12-20-11-3-10-18-16(19)9-6-14-4-7-15(17)8-5-14/h4-9,13H,3,10-12H2,1-2H3,(H,18,19)/b9-6+. The van der Waals surface area contributed by atoms with Gasteiger partial charge in [0, 0.05) is 30.9 Å². The number of carbonyl (C=O) groups is 1. The molecule has 0 aliphatic carbocycles. The highest BCUT2D eigenvalue weighted by atomic mass is 35.5. The summed E-state index contributed by atoms with van der Waals surface area (Å²) in [7, 11) is 0. The average Bonchev–Trinajstić information content (AvgIpc) is 2.41. The van der Waals surface area contributed by atoms with Crippen molar-refractivity contribution in [3.8, 4) is 0 Å². The number of hydrogen-bond acceptors (Lipinski definition) is 2. The molecule has 0 aliphatic rings. The first-order chi connectivity index (χ1) is 9.58. The van der Waals surface area contributed by atoms with Crippen LogP contribution in [0.15, 0.2) is 30.3 Å². The van der Waals surface area contributed by atoms with Crippen LogP contribution in [0.5, 0.6) is 0 Å². The van der Waals surface area contributed by atoms with E-state index in [1.165, 1.54) is 6.08 Å². The van der Waals surface area contributed by atoms with E-state index in [2.05, 4.69) is 19.2 Å². The number of benzene rings is 1. The fourth-order valence-corrected chi connectivity index (χ4v) is 1.64. The fourth-order valence-electron chi connectivity index (χ4n) is 1.51. The molecule has 0 radical (unpaired) electrons. The van der Waals surface area contributed by atoms with Crippen molar-refractivity contribution in [3.63, 3.8) is 0 Å². The fraction of sp³-hybridized carbons (Fsp3) is 0.438. The van der Waals surface area contributed by atoms with Crippen LogP contribution in [0, 0.1) is 5.92 Å². The summed E-state index contributed by atoms with van der Waals surface area (Å²) in [5, 5.41) is 3.51. The van der Waals surface area contributed by atoms with Crippen molar-refractivity contribution in [2.75, 3.05) is 19.8 Å². The molecule has 1 amide bonds. The SMILES string of the molecule is CC(C)COCCCNC(=O)/C=C/c1ccc(Cl)cc1. The minimum Gasteiger partial charge on any atom is -0.381 e. The second-order valence-electron chi connectivity index (χ2n) is 5.00. The number of halogens is 1. The van der Waals surface area contributed by atoms with E-state index < -0.39 is 0 Å². The molecule has 1 aromatic rings. The molecule has 0 saturated carbocycles. The van der Waals surface area contributed by atoms with Gasteiger partial charge in [-0.3, -0.25) is 4.79 Å². The van der Waals surface area contributed by atoms with E-state index in [9.17, 15) is 4.79 Å². The molecule has 3 nitrogen and oxygen atoms in total. The van der Waals surface area contributed by atoms with Crippen molar-refractivity contribution < 1.29 is 9.53 Å². The predicted octanol–water partition coefficient (Wildman–Crippen LogP) is 3.53. The Morgan fingerprint density at radius 1 is 1.35 bits per heavy atom. The van der Waals surface area contributed by atoms with E-state index in [1.54, 1.807) is 18.2 Å². The van der Waals surface area contributed by atoms with E-state index >= 15 is 0 Å². The van der Waals surface area contributed by atoms with Gasteiger partial charge in [0.25, 0.3) is 0 Å². The molecule has 1 rings (SSSR count). The zero-order valence-corrected chi connectivity index (χ0v) is 12.8. The number of rotatable bonds is 8. The van der Waals surface area contributed by atoms with Crippen LogP contribution in [0.1, 0.15) is 25.8 Å². The van der Waals surface area contributed by atoms with Gasteiger partial charge in [0.2, 0.25) is 5.91 Å². The summed E-state index contributed by atoms with van der Waals surface area (Å²) in [5.41, 5.74) is 0.949. The van der Waals surface area contributed by atoms with E-state index in [0.717, 1.165) is 18.6 Å². The van der Waals surface area contributed by atoms with Gasteiger partial charge >= 0.3 is 0 Å². The monoisotopic (exact) mass is 295 g/mol. The van der Waals surface area contributed by atoms with Gasteiger partial charge in [-0.15, -0.1) is 0 Å². The van der Waals surface area contributed by atoms with Gasteiger partial charge in [-0.25, -0.2) is 0 Å². The van der Waals surface area contributed by atoms with Crippen molar-refractivity contribution in [2.24, 2.45) is 5.92 Å². The molecule has 1 N–H and O–H groups in total. The third-order valence-electron chi connectivity index (χ3n) is 2.51. The predicted molar refractivity (Wildman–Crippen MR) is 83.8 cm³/mol. The van der Waals surface area contributed by atoms with Gasteiger partial charge in [-0.2, -0.15) is 0 Å². The van der Waals surface area contributed by atoms with Crippen LogP contribution in [-0.4, -0.2) is 25.7 Å². The zero-order valence-electron chi connectivity index (χ0n) is 12.1. The molecule has 0 heterocycles. The van der Waals surface area contributed by atoms with Crippen molar-refractivity contribution in [1.29, 1.82) is 0 Å². The maximum absolute atomic E-state index is 11.6. The Hall–Kier alpha value is -1.32. The Labute approximate surface area is 126 Å². The minimum absolute atomic E-state index is 0.0937. The Morgan fingerprint density at radius 3 is 2.70 bits per heavy atom. The molecular formula is C16H22ClNO2. The molecule has 0 spiro atoms. The molecule has 0 bridgehead atoms. The Balaban J connectivity index is 2.15. The molecule has 0 fully saturated rings. The quantitative estimate of drug-likeness (QED) is 0.588. The Kier molecular flexibility index (Phi) is 8.00. The Morgan fingerprint density at radius 2 is 2.05 bits per heavy atom. The lowest BCUT2D eigenvalue weighted by atomic mass is 10.2. The highest BCUT2D eigenvalue weighted by Gasteiger charge is 1.96. The van der Waals surface area contributed by atoms with E-state index in [0.29, 0.717) is 24.1 Å². The molecule has 0 aliphatic heterocycles. The molecule has 4 heteroatoms. The van der Waals surface area contributed by atoms with Crippen LogP contribution in [0.2, 0.25) is 5.02 Å². The molecule has 0 unspecified atom stereocenters. The van der Waals surface area contributed by atoms with E-state index in [-0.39, 0.29) is 5.91 Å². The lowest BCUT2D eigenvalue weighted by molar-refractivity contribution is -0.116.